The molecule has 35 heavy (non-hydrogen) atoms. The summed E-state index contributed by atoms with van der Waals surface area (Å²) < 4.78 is 15.3. The number of nitrogens with one attached hydrogen (secondary N) is 1. The minimum atomic E-state index is -0.837. The first kappa shape index (κ1) is 22.6. The van der Waals surface area contributed by atoms with Crippen LogP contribution in [0.15, 0.2) is 78.5 Å². The van der Waals surface area contributed by atoms with Gasteiger partial charge < -0.3 is 4.57 Å². The van der Waals surface area contributed by atoms with Crippen LogP contribution in [0.2, 0.25) is 5.02 Å². The van der Waals surface area contributed by atoms with E-state index in [1.165, 1.54) is 24.3 Å². The van der Waals surface area contributed by atoms with Crippen molar-refractivity contribution in [2.75, 3.05) is 4.90 Å². The van der Waals surface area contributed by atoms with Gasteiger partial charge in [-0.1, -0.05) is 48.0 Å². The topological polar surface area (TPSA) is 71.4 Å². The van der Waals surface area contributed by atoms with E-state index in [1.54, 1.807) is 31.2 Å². The number of amides is 4. The number of fused-ring (bicyclic) bond motifs is 1. The molecule has 4 amide bonds. The molecule has 0 bridgehead atoms. The first-order valence-electron chi connectivity index (χ1n) is 10.8. The highest BCUT2D eigenvalue weighted by Gasteiger charge is 2.37. The van der Waals surface area contributed by atoms with E-state index in [-0.39, 0.29) is 17.1 Å². The summed E-state index contributed by atoms with van der Waals surface area (Å²) in [7, 11) is 0. The van der Waals surface area contributed by atoms with Gasteiger partial charge in [0, 0.05) is 34.2 Å². The van der Waals surface area contributed by atoms with Crippen molar-refractivity contribution in [2.45, 2.75) is 13.5 Å². The Hall–Kier alpha value is -4.23. The van der Waals surface area contributed by atoms with Crippen LogP contribution in [-0.2, 0) is 16.1 Å². The minimum absolute atomic E-state index is 0.175. The van der Waals surface area contributed by atoms with Crippen molar-refractivity contribution in [3.63, 3.8) is 0 Å². The van der Waals surface area contributed by atoms with E-state index >= 15 is 0 Å². The van der Waals surface area contributed by atoms with E-state index in [4.69, 9.17) is 11.6 Å². The van der Waals surface area contributed by atoms with Gasteiger partial charge in [0.2, 0.25) is 0 Å². The van der Waals surface area contributed by atoms with Crippen molar-refractivity contribution in [1.82, 2.24) is 9.88 Å². The fourth-order valence-electron chi connectivity index (χ4n) is 4.08. The SMILES string of the molecule is Cc1ccc(N2C(=O)NC(=O)/C(=C/c3cn(Cc4ccc(F)cc4)c4ccccc34)C2=O)cc1Cl. The normalized spacial score (nSPS) is 15.2. The lowest BCUT2D eigenvalue weighted by Gasteiger charge is -2.26. The van der Waals surface area contributed by atoms with Gasteiger partial charge in [-0.05, 0) is 54.5 Å². The van der Waals surface area contributed by atoms with Gasteiger partial charge >= 0.3 is 6.03 Å². The van der Waals surface area contributed by atoms with Gasteiger partial charge in [0.05, 0.1) is 5.69 Å². The standard InChI is InChI=1S/C27H19ClFN3O3/c1-16-6-11-20(13-23(16)28)32-26(34)22(25(33)30-27(32)35)12-18-15-31(24-5-3-2-4-21(18)24)14-17-7-9-19(29)10-8-17/h2-13,15H,14H2,1H3,(H,30,33,35)/b22-12-. The van der Waals surface area contributed by atoms with Crippen molar-refractivity contribution in [3.8, 4) is 0 Å². The smallest absolute Gasteiger partial charge is 0.335 e. The van der Waals surface area contributed by atoms with Crippen LogP contribution in [0.3, 0.4) is 0 Å². The highest BCUT2D eigenvalue weighted by Crippen LogP contribution is 2.29. The third-order valence-corrected chi connectivity index (χ3v) is 6.31. The molecule has 6 nitrogen and oxygen atoms in total. The maximum absolute atomic E-state index is 13.3. The second-order valence-corrected chi connectivity index (χ2v) is 8.65. The predicted octanol–water partition coefficient (Wildman–Crippen LogP) is 5.46. The molecule has 0 spiro atoms. The summed E-state index contributed by atoms with van der Waals surface area (Å²) in [5, 5.41) is 3.46. The monoisotopic (exact) mass is 487 g/mol. The van der Waals surface area contributed by atoms with Crippen LogP contribution in [-0.4, -0.2) is 22.4 Å². The van der Waals surface area contributed by atoms with Gasteiger partial charge in [0.25, 0.3) is 11.8 Å². The summed E-state index contributed by atoms with van der Waals surface area (Å²) in [4.78, 5) is 39.4. The molecule has 0 saturated carbocycles. The maximum atomic E-state index is 13.3. The summed E-state index contributed by atoms with van der Waals surface area (Å²) in [5.41, 5.74) is 3.29. The summed E-state index contributed by atoms with van der Waals surface area (Å²) in [6, 6.07) is 17.7. The van der Waals surface area contributed by atoms with Crippen LogP contribution in [0.1, 0.15) is 16.7 Å². The van der Waals surface area contributed by atoms with Crippen LogP contribution in [0.25, 0.3) is 17.0 Å². The van der Waals surface area contributed by atoms with Crippen LogP contribution < -0.4 is 10.2 Å². The van der Waals surface area contributed by atoms with Gasteiger partial charge in [-0.2, -0.15) is 0 Å². The van der Waals surface area contributed by atoms with Crippen molar-refractivity contribution >= 4 is 52.1 Å². The molecule has 0 radical (unpaired) electrons. The van der Waals surface area contributed by atoms with E-state index < -0.39 is 17.8 Å². The van der Waals surface area contributed by atoms with Gasteiger partial charge in [-0.3, -0.25) is 14.9 Å². The molecule has 0 unspecified atom stereocenters. The third kappa shape index (κ3) is 4.22. The quantitative estimate of drug-likeness (QED) is 0.307. The lowest BCUT2D eigenvalue weighted by Crippen LogP contribution is -2.54. The molecule has 0 atom stereocenters. The van der Waals surface area contributed by atoms with Gasteiger partial charge in [0.1, 0.15) is 11.4 Å². The van der Waals surface area contributed by atoms with E-state index in [0.717, 1.165) is 26.9 Å². The maximum Gasteiger partial charge on any atom is 0.335 e. The molecule has 1 fully saturated rings. The van der Waals surface area contributed by atoms with Crippen molar-refractivity contribution in [2.24, 2.45) is 0 Å². The average molecular weight is 488 g/mol. The summed E-state index contributed by atoms with van der Waals surface area (Å²) in [6.07, 6.45) is 3.31. The molecule has 1 aromatic heterocycles. The highest BCUT2D eigenvalue weighted by molar-refractivity contribution is 6.39. The largest absolute Gasteiger partial charge is 0.342 e. The fourth-order valence-corrected chi connectivity index (χ4v) is 4.25. The van der Waals surface area contributed by atoms with E-state index in [2.05, 4.69) is 5.32 Å². The van der Waals surface area contributed by atoms with Gasteiger partial charge in [-0.15, -0.1) is 0 Å². The van der Waals surface area contributed by atoms with Gasteiger partial charge in [-0.25, -0.2) is 14.1 Å². The number of imide groups is 2. The number of anilines is 1. The molecular formula is C27H19ClFN3O3. The first-order chi connectivity index (χ1) is 16.8. The van der Waals surface area contributed by atoms with E-state index in [1.807, 2.05) is 35.0 Å². The molecule has 2 heterocycles. The average Bonchev–Trinajstić information content (AvgIpc) is 3.17. The number of benzene rings is 3. The number of hydrogen-bond acceptors (Lipinski definition) is 3. The van der Waals surface area contributed by atoms with E-state index in [9.17, 15) is 18.8 Å². The molecule has 3 aromatic carbocycles. The second-order valence-electron chi connectivity index (χ2n) is 8.25. The zero-order chi connectivity index (χ0) is 24.7. The Morgan fingerprint density at radius 1 is 1.00 bits per heavy atom. The Kier molecular flexibility index (Phi) is 5.70. The number of halogens is 2. The number of barbiturate groups is 1. The third-order valence-electron chi connectivity index (χ3n) is 5.90. The molecule has 4 aromatic rings. The zero-order valence-electron chi connectivity index (χ0n) is 18.6. The molecule has 174 valence electrons. The molecule has 8 heteroatoms. The zero-order valence-corrected chi connectivity index (χ0v) is 19.3. The van der Waals surface area contributed by atoms with Crippen LogP contribution >= 0.6 is 11.6 Å². The molecule has 0 aliphatic carbocycles. The number of aryl methyl sites for hydroxylation is 1. The molecule has 1 aliphatic heterocycles. The minimum Gasteiger partial charge on any atom is -0.342 e. The van der Waals surface area contributed by atoms with Gasteiger partial charge in [0.15, 0.2) is 0 Å². The van der Waals surface area contributed by atoms with E-state index in [0.29, 0.717) is 17.1 Å². The Morgan fingerprint density at radius 3 is 2.49 bits per heavy atom. The predicted molar refractivity (Wildman–Crippen MR) is 133 cm³/mol. The second kappa shape index (κ2) is 8.85. The molecule has 1 saturated heterocycles. The number of rotatable bonds is 4. The summed E-state index contributed by atoms with van der Waals surface area (Å²) >= 11 is 6.19. The van der Waals surface area contributed by atoms with Crippen LogP contribution in [0, 0.1) is 12.7 Å². The number of carbonyl (C=O) groups is 3. The number of hydrogen-bond donors (Lipinski definition) is 1. The molecule has 1 N–H and O–H groups in total. The van der Waals surface area contributed by atoms with Crippen molar-refractivity contribution in [1.29, 1.82) is 0 Å². The summed E-state index contributed by atoms with van der Waals surface area (Å²) in [5.74, 6) is -1.83. The number of nitrogens with zero attached hydrogens (tertiary/aromatic N) is 2. The van der Waals surface area contributed by atoms with Crippen LogP contribution in [0.4, 0.5) is 14.9 Å². The number of aromatic nitrogens is 1. The fraction of sp³-hybridized carbons (Fsp3) is 0.0741. The first-order valence-corrected chi connectivity index (χ1v) is 11.2. The highest BCUT2D eigenvalue weighted by atomic mass is 35.5. The lowest BCUT2D eigenvalue weighted by molar-refractivity contribution is -0.122. The number of para-hydroxylation sites is 1. The lowest BCUT2D eigenvalue weighted by atomic mass is 10.1. The Morgan fingerprint density at radius 2 is 1.74 bits per heavy atom. The number of carbonyl (C=O) groups excluding carboxylic acids is 3. The van der Waals surface area contributed by atoms with Crippen LogP contribution in [0.5, 0.6) is 0 Å². The Bertz CT molecular complexity index is 1540. The molecule has 5 rings (SSSR count). The number of urea groups is 1. The van der Waals surface area contributed by atoms with Crippen molar-refractivity contribution < 1.29 is 18.8 Å². The molecular weight excluding hydrogens is 469 g/mol. The van der Waals surface area contributed by atoms with Crippen molar-refractivity contribution in [3.05, 3.63) is 106 Å². The summed E-state index contributed by atoms with van der Waals surface area (Å²) in [6.45, 7) is 2.28. The molecule has 1 aliphatic rings. The Labute approximate surface area is 205 Å². The Balaban J connectivity index is 1.56.